The van der Waals surface area contributed by atoms with Crippen LogP contribution in [0.5, 0.6) is 0 Å². The van der Waals surface area contributed by atoms with Crippen LogP contribution in [0.25, 0.3) is 11.5 Å². The maximum absolute atomic E-state index is 13.7. The van der Waals surface area contributed by atoms with Crippen LogP contribution in [-0.4, -0.2) is 50.3 Å². The Labute approximate surface area is 206 Å². The summed E-state index contributed by atoms with van der Waals surface area (Å²) in [6.45, 7) is 8.61. The number of pyridine rings is 2. The van der Waals surface area contributed by atoms with E-state index < -0.39 is 0 Å². The lowest BCUT2D eigenvalue weighted by Gasteiger charge is -2.24. The van der Waals surface area contributed by atoms with Gasteiger partial charge in [0.15, 0.2) is 5.82 Å². The molecule has 2 aliphatic heterocycles. The molecule has 0 unspecified atom stereocenters. The number of nitrogens with one attached hydrogen (secondary N) is 1. The molecule has 3 aromatic heterocycles. The number of hydrogen-bond donors (Lipinski definition) is 1. The minimum atomic E-state index is -0.0287. The minimum absolute atomic E-state index is 0.0287. The number of carbonyl (C=O) groups is 1. The molecular weight excluding hydrogens is 440 g/mol. The van der Waals surface area contributed by atoms with Crippen LogP contribution in [0.1, 0.15) is 74.1 Å². The monoisotopic (exact) mass is 474 g/mol. The Morgan fingerprint density at radius 1 is 1.17 bits per heavy atom. The van der Waals surface area contributed by atoms with Crippen LogP contribution in [0.2, 0.25) is 0 Å². The van der Waals surface area contributed by atoms with E-state index >= 15 is 0 Å². The molecule has 0 aliphatic carbocycles. The van der Waals surface area contributed by atoms with Crippen LogP contribution < -0.4 is 15.1 Å². The third kappa shape index (κ3) is 4.18. The van der Waals surface area contributed by atoms with Crippen LogP contribution in [0, 0.1) is 0 Å². The Balaban J connectivity index is 1.50. The molecule has 5 heterocycles. The number of nitrogens with zero attached hydrogens (tertiary/aromatic N) is 7. The molecule has 9 nitrogen and oxygen atoms in total. The summed E-state index contributed by atoms with van der Waals surface area (Å²) in [6.07, 6.45) is 6.05. The summed E-state index contributed by atoms with van der Waals surface area (Å²) in [6, 6.07) is 8.47. The number of aromatic nitrogens is 5. The minimum Gasteiger partial charge on any atom is -0.354 e. The molecule has 5 rings (SSSR count). The molecule has 1 saturated heterocycles. The van der Waals surface area contributed by atoms with Crippen molar-refractivity contribution in [2.75, 3.05) is 23.4 Å². The number of fused-ring (bicyclic) bond motifs is 1. The highest BCUT2D eigenvalue weighted by molar-refractivity contribution is 6.10. The van der Waals surface area contributed by atoms with Crippen molar-refractivity contribution < 1.29 is 4.79 Å². The van der Waals surface area contributed by atoms with E-state index in [1.807, 2.05) is 31.3 Å². The van der Waals surface area contributed by atoms with Crippen molar-refractivity contribution in [3.63, 3.8) is 0 Å². The first-order valence-electron chi connectivity index (χ1n) is 12.7. The Hall–Kier alpha value is -3.33. The second-order valence-electron chi connectivity index (χ2n) is 9.47. The summed E-state index contributed by atoms with van der Waals surface area (Å²) in [5.41, 5.74) is 3.36. The van der Waals surface area contributed by atoms with E-state index in [1.54, 1.807) is 11.2 Å². The Bertz CT molecular complexity index is 1220. The van der Waals surface area contributed by atoms with Gasteiger partial charge in [-0.05, 0) is 57.9 Å². The van der Waals surface area contributed by atoms with Crippen molar-refractivity contribution >= 4 is 17.5 Å². The van der Waals surface area contributed by atoms with Crippen molar-refractivity contribution in [3.05, 3.63) is 47.4 Å². The molecule has 0 saturated carbocycles. The summed E-state index contributed by atoms with van der Waals surface area (Å²) < 4.78 is 2.09. The van der Waals surface area contributed by atoms with Crippen LogP contribution in [-0.2, 0) is 13.1 Å². The lowest BCUT2D eigenvalue weighted by Crippen LogP contribution is -2.28. The van der Waals surface area contributed by atoms with Gasteiger partial charge in [0.1, 0.15) is 23.7 Å². The van der Waals surface area contributed by atoms with Crippen LogP contribution in [0.4, 0.5) is 11.6 Å². The molecule has 1 fully saturated rings. The number of amides is 1. The smallest absolute Gasteiger partial charge is 0.260 e. The maximum atomic E-state index is 13.7. The van der Waals surface area contributed by atoms with Crippen molar-refractivity contribution in [2.24, 2.45) is 0 Å². The molecule has 1 amide bonds. The Morgan fingerprint density at radius 3 is 2.71 bits per heavy atom. The van der Waals surface area contributed by atoms with E-state index in [0.717, 1.165) is 66.4 Å². The topological polar surface area (TPSA) is 92.1 Å². The quantitative estimate of drug-likeness (QED) is 0.528. The van der Waals surface area contributed by atoms with Gasteiger partial charge in [-0.1, -0.05) is 19.9 Å². The van der Waals surface area contributed by atoms with E-state index in [1.165, 1.54) is 0 Å². The zero-order valence-electron chi connectivity index (χ0n) is 21.0. The van der Waals surface area contributed by atoms with Crippen LogP contribution in [0.3, 0.4) is 0 Å². The van der Waals surface area contributed by atoms with E-state index in [2.05, 4.69) is 45.8 Å². The first kappa shape index (κ1) is 23.4. The summed E-state index contributed by atoms with van der Waals surface area (Å²) in [7, 11) is 1.91. The fourth-order valence-electron chi connectivity index (χ4n) is 5.35. The molecule has 0 radical (unpaired) electrons. The fraction of sp³-hybridized carbons (Fsp3) is 0.500. The average molecular weight is 475 g/mol. The predicted octanol–water partition coefficient (Wildman–Crippen LogP) is 3.96. The third-order valence-electron chi connectivity index (χ3n) is 7.33. The van der Waals surface area contributed by atoms with Gasteiger partial charge in [-0.25, -0.2) is 9.97 Å². The van der Waals surface area contributed by atoms with Gasteiger partial charge in [-0.3, -0.25) is 9.69 Å². The number of carbonyl (C=O) groups excluding carboxylic acids is 1. The molecule has 9 heteroatoms. The Kier molecular flexibility index (Phi) is 6.51. The van der Waals surface area contributed by atoms with Crippen molar-refractivity contribution in [2.45, 2.75) is 71.6 Å². The standard InChI is InChI=1S/C26H34N8O/c1-5-18(6-2)34-16-28-31-25(34)21-10-7-11-23(29-21)33-15-20-19(26(33)35)13-24(30-22(20)14-27-4)32-12-8-9-17(32)3/h7,10-11,13,16-18,27H,5-6,8-9,12,14-15H2,1-4H3/t17-/m1/s1. The van der Waals surface area contributed by atoms with Gasteiger partial charge in [0.25, 0.3) is 5.91 Å². The average Bonchev–Trinajstić information content (AvgIpc) is 3.60. The van der Waals surface area contributed by atoms with Gasteiger partial charge < -0.3 is 14.8 Å². The molecule has 0 aromatic carbocycles. The summed E-state index contributed by atoms with van der Waals surface area (Å²) in [5, 5.41) is 11.7. The molecule has 0 bridgehead atoms. The molecule has 2 aliphatic rings. The lowest BCUT2D eigenvalue weighted by atomic mass is 10.1. The summed E-state index contributed by atoms with van der Waals surface area (Å²) in [4.78, 5) is 27.6. The zero-order valence-corrected chi connectivity index (χ0v) is 21.0. The predicted molar refractivity (Wildman–Crippen MR) is 136 cm³/mol. The molecular formula is C26H34N8O. The fourth-order valence-corrected chi connectivity index (χ4v) is 5.35. The molecule has 3 aromatic rings. The van der Waals surface area contributed by atoms with Gasteiger partial charge in [-0.2, -0.15) is 0 Å². The second kappa shape index (κ2) is 9.73. The Morgan fingerprint density at radius 2 is 2.00 bits per heavy atom. The van der Waals surface area contributed by atoms with E-state index in [9.17, 15) is 4.79 Å². The summed E-state index contributed by atoms with van der Waals surface area (Å²) >= 11 is 0. The van der Waals surface area contributed by atoms with Crippen LogP contribution in [0.15, 0.2) is 30.6 Å². The van der Waals surface area contributed by atoms with E-state index in [0.29, 0.717) is 31.0 Å². The number of rotatable bonds is 8. The normalized spacial score (nSPS) is 17.6. The molecule has 35 heavy (non-hydrogen) atoms. The SMILES string of the molecule is CCC(CC)n1cnnc1-c1cccc(N2Cc3c(cc(N4CCC[C@H]4C)nc3CNC)C2=O)n1. The molecule has 0 spiro atoms. The van der Waals surface area contributed by atoms with Gasteiger partial charge in [-0.15, -0.1) is 10.2 Å². The highest BCUT2D eigenvalue weighted by atomic mass is 16.2. The third-order valence-corrected chi connectivity index (χ3v) is 7.33. The first-order valence-corrected chi connectivity index (χ1v) is 12.7. The maximum Gasteiger partial charge on any atom is 0.260 e. The van der Waals surface area contributed by atoms with Crippen molar-refractivity contribution in [3.8, 4) is 11.5 Å². The van der Waals surface area contributed by atoms with Gasteiger partial charge in [0.2, 0.25) is 0 Å². The molecule has 1 N–H and O–H groups in total. The highest BCUT2D eigenvalue weighted by Gasteiger charge is 2.34. The van der Waals surface area contributed by atoms with Crippen molar-refractivity contribution in [1.29, 1.82) is 0 Å². The second-order valence-corrected chi connectivity index (χ2v) is 9.47. The molecule has 184 valence electrons. The summed E-state index contributed by atoms with van der Waals surface area (Å²) in [5.74, 6) is 2.22. The van der Waals surface area contributed by atoms with Crippen LogP contribution >= 0.6 is 0 Å². The largest absolute Gasteiger partial charge is 0.354 e. The zero-order chi connectivity index (χ0) is 24.5. The first-order chi connectivity index (χ1) is 17.0. The van der Waals surface area contributed by atoms with Gasteiger partial charge >= 0.3 is 0 Å². The lowest BCUT2D eigenvalue weighted by molar-refractivity contribution is 0.0996. The number of anilines is 2. The molecule has 1 atom stereocenters. The van der Waals surface area contributed by atoms with E-state index in [-0.39, 0.29) is 5.91 Å². The highest BCUT2D eigenvalue weighted by Crippen LogP contribution is 2.34. The van der Waals surface area contributed by atoms with Gasteiger partial charge in [0.05, 0.1) is 17.8 Å². The van der Waals surface area contributed by atoms with Gasteiger partial charge in [0, 0.05) is 30.7 Å². The van der Waals surface area contributed by atoms with Crippen molar-refractivity contribution in [1.82, 2.24) is 30.0 Å². The van der Waals surface area contributed by atoms with E-state index in [4.69, 9.17) is 9.97 Å². The number of hydrogen-bond acceptors (Lipinski definition) is 7.